The molecule has 214 valence electrons. The molecule has 0 bridgehead atoms. The summed E-state index contributed by atoms with van der Waals surface area (Å²) in [5.41, 5.74) is 1.04. The molecule has 1 aromatic carbocycles. The number of likely N-dealkylation sites (tertiary alicyclic amines) is 1. The first-order chi connectivity index (χ1) is 17.5. The highest BCUT2D eigenvalue weighted by atomic mass is 35.5. The molecule has 0 saturated carbocycles. The van der Waals surface area contributed by atoms with Crippen molar-refractivity contribution in [1.29, 1.82) is 0 Å². The first-order valence-electron chi connectivity index (χ1n) is 13.9. The largest absolute Gasteiger partial charge is 0.469 e. The summed E-state index contributed by atoms with van der Waals surface area (Å²) in [6.07, 6.45) is 6.90. The third kappa shape index (κ3) is 6.93. The van der Waals surface area contributed by atoms with Gasteiger partial charge in [0.05, 0.1) is 13.7 Å². The summed E-state index contributed by atoms with van der Waals surface area (Å²) >= 11 is 0. The van der Waals surface area contributed by atoms with E-state index in [2.05, 4.69) is 19.6 Å². The molecule has 4 unspecified atom stereocenters. The van der Waals surface area contributed by atoms with E-state index in [0.717, 1.165) is 51.3 Å². The quantitative estimate of drug-likeness (QED) is 0.463. The summed E-state index contributed by atoms with van der Waals surface area (Å²) < 4.78 is 18.2. The number of piperazine rings is 1. The number of halogens is 3. The molecule has 0 N–H and O–H groups in total. The number of amides is 1. The second-order valence-electron chi connectivity index (χ2n) is 11.1. The van der Waals surface area contributed by atoms with Crippen LogP contribution in [0.2, 0.25) is 0 Å². The van der Waals surface area contributed by atoms with E-state index in [4.69, 9.17) is 4.74 Å². The van der Waals surface area contributed by atoms with Gasteiger partial charge in [-0.25, -0.2) is 4.39 Å². The Kier molecular flexibility index (Phi) is 11.5. The summed E-state index contributed by atoms with van der Waals surface area (Å²) in [5, 5.41) is 0. The number of anilines is 1. The van der Waals surface area contributed by atoms with Crippen LogP contribution in [0.25, 0.3) is 0 Å². The highest BCUT2D eigenvalue weighted by Gasteiger charge is 2.49. The highest BCUT2D eigenvalue weighted by Crippen LogP contribution is 2.43. The Labute approximate surface area is 238 Å². The maximum absolute atomic E-state index is 13.8. The lowest BCUT2D eigenvalue weighted by Gasteiger charge is -2.57. The molecule has 4 aliphatic rings. The standard InChI is InChI=1S/C28H41FN4O3.2ClH/c1-36-27(35)8-2-7-25-24-6-4-14-32-13-3-5-21(28(24)32)19-33(25)26(34)20-30-15-17-31(18-16-30)23-11-9-22(29)10-12-23;;/h9-12,21,24-25,28H,2-8,13-20H2,1H3;2*1H. The molecule has 4 heterocycles. The SMILES string of the molecule is COC(=O)CCCC1C2CCCN3CCCC(CN1C(=O)CN1CCN(c4ccc(F)cc4)CC1)C23.Cl.Cl. The van der Waals surface area contributed by atoms with Crippen LogP contribution >= 0.6 is 24.8 Å². The summed E-state index contributed by atoms with van der Waals surface area (Å²) in [5.74, 6) is 0.944. The number of methoxy groups -OCH3 is 1. The van der Waals surface area contributed by atoms with Crippen molar-refractivity contribution in [2.45, 2.75) is 57.0 Å². The van der Waals surface area contributed by atoms with E-state index in [-0.39, 0.29) is 48.5 Å². The van der Waals surface area contributed by atoms with Gasteiger partial charge in [0.25, 0.3) is 0 Å². The van der Waals surface area contributed by atoms with Gasteiger partial charge in [-0.2, -0.15) is 0 Å². The third-order valence-corrected chi connectivity index (χ3v) is 9.02. The van der Waals surface area contributed by atoms with Gasteiger partial charge in [0.15, 0.2) is 0 Å². The molecule has 1 amide bonds. The minimum Gasteiger partial charge on any atom is -0.469 e. The fraction of sp³-hybridized carbons (Fsp3) is 0.714. The van der Waals surface area contributed by atoms with Crippen molar-refractivity contribution in [3.8, 4) is 0 Å². The number of rotatable bonds is 7. The molecule has 0 spiro atoms. The first-order valence-corrected chi connectivity index (χ1v) is 13.9. The third-order valence-electron chi connectivity index (χ3n) is 9.02. The van der Waals surface area contributed by atoms with Crippen LogP contribution in [0.5, 0.6) is 0 Å². The average molecular weight is 574 g/mol. The Morgan fingerprint density at radius 3 is 2.34 bits per heavy atom. The van der Waals surface area contributed by atoms with Crippen molar-refractivity contribution in [3.05, 3.63) is 30.1 Å². The fourth-order valence-electron chi connectivity index (χ4n) is 7.31. The van der Waals surface area contributed by atoms with Crippen LogP contribution in [0.15, 0.2) is 24.3 Å². The second kappa shape index (κ2) is 14.1. The van der Waals surface area contributed by atoms with E-state index in [9.17, 15) is 14.0 Å². The van der Waals surface area contributed by atoms with Crippen molar-refractivity contribution in [2.75, 3.05) is 64.4 Å². The summed E-state index contributed by atoms with van der Waals surface area (Å²) in [7, 11) is 1.44. The Morgan fingerprint density at radius 1 is 0.974 bits per heavy atom. The first kappa shape index (κ1) is 30.9. The van der Waals surface area contributed by atoms with E-state index in [1.807, 2.05) is 12.1 Å². The molecule has 7 nitrogen and oxygen atoms in total. The van der Waals surface area contributed by atoms with Crippen LogP contribution in [0.4, 0.5) is 10.1 Å². The molecule has 38 heavy (non-hydrogen) atoms. The molecule has 0 radical (unpaired) electrons. The maximum atomic E-state index is 13.8. The lowest BCUT2D eigenvalue weighted by Crippen LogP contribution is -2.66. The van der Waals surface area contributed by atoms with Gasteiger partial charge in [-0.1, -0.05) is 0 Å². The van der Waals surface area contributed by atoms with Crippen molar-refractivity contribution in [1.82, 2.24) is 14.7 Å². The number of carbonyl (C=O) groups excluding carboxylic acids is 2. The number of benzene rings is 1. The number of carbonyl (C=O) groups is 2. The summed E-state index contributed by atoms with van der Waals surface area (Å²) in [4.78, 5) is 35.0. The zero-order valence-corrected chi connectivity index (χ0v) is 24.1. The number of nitrogens with zero attached hydrogens (tertiary/aromatic N) is 4. The number of hydrogen-bond donors (Lipinski definition) is 0. The van der Waals surface area contributed by atoms with Crippen LogP contribution in [-0.4, -0.2) is 98.1 Å². The molecular formula is C28H43Cl2FN4O3. The molecule has 0 aliphatic carbocycles. The predicted molar refractivity (Wildman–Crippen MR) is 152 cm³/mol. The van der Waals surface area contributed by atoms with Crippen LogP contribution in [0, 0.1) is 17.7 Å². The zero-order valence-electron chi connectivity index (χ0n) is 22.4. The molecule has 5 rings (SSSR count). The van der Waals surface area contributed by atoms with Crippen LogP contribution in [0.1, 0.15) is 44.9 Å². The van der Waals surface area contributed by atoms with E-state index >= 15 is 0 Å². The molecule has 1 aromatic rings. The van der Waals surface area contributed by atoms with E-state index in [0.29, 0.717) is 30.8 Å². The smallest absolute Gasteiger partial charge is 0.305 e. The van der Waals surface area contributed by atoms with Gasteiger partial charge in [-0.15, -0.1) is 24.8 Å². The minimum atomic E-state index is -0.216. The Hall–Kier alpha value is -1.61. The molecule has 4 saturated heterocycles. The molecule has 4 aliphatic heterocycles. The number of hydrogen-bond acceptors (Lipinski definition) is 6. The van der Waals surface area contributed by atoms with Crippen molar-refractivity contribution < 1.29 is 18.7 Å². The lowest BCUT2D eigenvalue weighted by molar-refractivity contribution is -0.147. The monoisotopic (exact) mass is 572 g/mol. The average Bonchev–Trinajstić information content (AvgIpc) is 2.90. The molecule has 4 fully saturated rings. The lowest BCUT2D eigenvalue weighted by atomic mass is 9.69. The van der Waals surface area contributed by atoms with E-state index in [1.165, 1.54) is 58.0 Å². The second-order valence-corrected chi connectivity index (χ2v) is 11.1. The Bertz CT molecular complexity index is 914. The van der Waals surface area contributed by atoms with Crippen molar-refractivity contribution >= 4 is 42.4 Å². The normalized spacial score (nSPS) is 27.5. The van der Waals surface area contributed by atoms with Gasteiger partial charge in [0.2, 0.25) is 5.91 Å². The maximum Gasteiger partial charge on any atom is 0.305 e. The molecule has 10 heteroatoms. The van der Waals surface area contributed by atoms with Crippen LogP contribution < -0.4 is 4.90 Å². The van der Waals surface area contributed by atoms with Gasteiger partial charge in [-0.05, 0) is 87.7 Å². The van der Waals surface area contributed by atoms with Crippen molar-refractivity contribution in [3.63, 3.8) is 0 Å². The van der Waals surface area contributed by atoms with Gasteiger partial charge < -0.3 is 14.5 Å². The van der Waals surface area contributed by atoms with E-state index in [1.54, 1.807) is 0 Å². The summed E-state index contributed by atoms with van der Waals surface area (Å²) in [6.45, 7) is 7.03. The minimum absolute atomic E-state index is 0. The van der Waals surface area contributed by atoms with Gasteiger partial charge >= 0.3 is 5.97 Å². The number of esters is 1. The summed E-state index contributed by atoms with van der Waals surface area (Å²) in [6, 6.07) is 7.48. The van der Waals surface area contributed by atoms with Crippen LogP contribution in [0.3, 0.4) is 0 Å². The fourth-order valence-corrected chi connectivity index (χ4v) is 7.31. The number of piperidine rings is 3. The number of ether oxygens (including phenoxy) is 1. The Balaban J connectivity index is 0.00000200. The van der Waals surface area contributed by atoms with Gasteiger partial charge in [-0.3, -0.25) is 19.4 Å². The van der Waals surface area contributed by atoms with Gasteiger partial charge in [0, 0.05) is 56.9 Å². The molecule has 0 aromatic heterocycles. The van der Waals surface area contributed by atoms with Crippen LogP contribution in [-0.2, 0) is 14.3 Å². The van der Waals surface area contributed by atoms with Gasteiger partial charge in [0.1, 0.15) is 5.82 Å². The molecular weight excluding hydrogens is 530 g/mol. The highest BCUT2D eigenvalue weighted by molar-refractivity contribution is 5.85. The van der Waals surface area contributed by atoms with Crippen molar-refractivity contribution in [2.24, 2.45) is 11.8 Å². The topological polar surface area (TPSA) is 56.3 Å². The van der Waals surface area contributed by atoms with E-state index < -0.39 is 0 Å². The zero-order chi connectivity index (χ0) is 25.1. The predicted octanol–water partition coefficient (Wildman–Crippen LogP) is 3.84. The molecule has 4 atom stereocenters. The Morgan fingerprint density at radius 2 is 1.66 bits per heavy atom.